The molecule has 1 aliphatic heterocycles. The number of benzene rings is 2. The van der Waals surface area contributed by atoms with Crippen LogP contribution in [0.2, 0.25) is 0 Å². The molecule has 1 unspecified atom stereocenters. The zero-order valence-electron chi connectivity index (χ0n) is 11.5. The molecule has 1 heteroatoms. The van der Waals surface area contributed by atoms with Crippen LogP contribution in [0.3, 0.4) is 0 Å². The average molecular weight is 251 g/mol. The van der Waals surface area contributed by atoms with Crippen LogP contribution in [0, 0.1) is 0 Å². The summed E-state index contributed by atoms with van der Waals surface area (Å²) in [5, 5.41) is 3.73. The molecular formula is C18H21N. The Morgan fingerprint density at radius 2 is 1.74 bits per heavy atom. The van der Waals surface area contributed by atoms with Gasteiger partial charge in [-0.25, -0.2) is 0 Å². The van der Waals surface area contributed by atoms with Gasteiger partial charge in [0, 0.05) is 12.6 Å². The van der Waals surface area contributed by atoms with E-state index in [4.69, 9.17) is 0 Å². The maximum Gasteiger partial charge on any atom is 0.0329 e. The number of hydrogen-bond acceptors (Lipinski definition) is 1. The van der Waals surface area contributed by atoms with Crippen molar-refractivity contribution in [3.8, 4) is 11.1 Å². The average Bonchev–Trinajstić information content (AvgIpc) is 2.63. The van der Waals surface area contributed by atoms with Crippen molar-refractivity contribution in [1.29, 1.82) is 0 Å². The smallest absolute Gasteiger partial charge is 0.0329 e. The van der Waals surface area contributed by atoms with Crippen LogP contribution in [-0.4, -0.2) is 0 Å². The topological polar surface area (TPSA) is 12.0 Å². The van der Waals surface area contributed by atoms with E-state index in [2.05, 4.69) is 60.8 Å². The molecule has 19 heavy (non-hydrogen) atoms. The highest BCUT2D eigenvalue weighted by Crippen LogP contribution is 2.35. The third-order valence-electron chi connectivity index (χ3n) is 4.03. The Morgan fingerprint density at radius 3 is 2.58 bits per heavy atom. The van der Waals surface area contributed by atoms with Crippen molar-refractivity contribution in [3.05, 3.63) is 59.7 Å². The van der Waals surface area contributed by atoms with Gasteiger partial charge in [-0.1, -0.05) is 68.3 Å². The second-order valence-corrected chi connectivity index (χ2v) is 5.32. The highest BCUT2D eigenvalue weighted by molar-refractivity contribution is 5.72. The monoisotopic (exact) mass is 251 g/mol. The molecule has 1 heterocycles. The van der Waals surface area contributed by atoms with Crippen LogP contribution in [0.15, 0.2) is 48.5 Å². The fraction of sp³-hybridized carbons (Fsp3) is 0.333. The van der Waals surface area contributed by atoms with Crippen molar-refractivity contribution >= 4 is 0 Å². The summed E-state index contributed by atoms with van der Waals surface area (Å²) < 4.78 is 0. The van der Waals surface area contributed by atoms with E-state index in [0.717, 1.165) is 6.54 Å². The Balaban J connectivity index is 2.06. The molecule has 3 rings (SSSR count). The van der Waals surface area contributed by atoms with E-state index in [1.54, 1.807) is 0 Å². The maximum atomic E-state index is 3.73. The quantitative estimate of drug-likeness (QED) is 0.834. The van der Waals surface area contributed by atoms with Crippen LogP contribution >= 0.6 is 0 Å². The minimum Gasteiger partial charge on any atom is -0.306 e. The van der Waals surface area contributed by atoms with E-state index in [-0.39, 0.29) is 0 Å². The highest BCUT2D eigenvalue weighted by Gasteiger charge is 2.20. The summed E-state index contributed by atoms with van der Waals surface area (Å²) >= 11 is 0. The van der Waals surface area contributed by atoms with E-state index in [1.807, 2.05) is 0 Å². The summed E-state index contributed by atoms with van der Waals surface area (Å²) in [6.07, 6.45) is 3.76. The van der Waals surface area contributed by atoms with Gasteiger partial charge in [-0.05, 0) is 28.7 Å². The molecule has 0 saturated carbocycles. The van der Waals surface area contributed by atoms with Crippen LogP contribution in [0.4, 0.5) is 0 Å². The predicted octanol–water partition coefficient (Wildman–Crippen LogP) is 4.69. The molecule has 0 aliphatic carbocycles. The van der Waals surface area contributed by atoms with E-state index in [0.29, 0.717) is 6.04 Å². The third-order valence-corrected chi connectivity index (χ3v) is 4.03. The molecule has 1 atom stereocenters. The molecule has 0 spiro atoms. The maximum absolute atomic E-state index is 3.73. The zero-order chi connectivity index (χ0) is 13.1. The predicted molar refractivity (Wildman–Crippen MR) is 81.0 cm³/mol. The van der Waals surface area contributed by atoms with Gasteiger partial charge in [-0.2, -0.15) is 0 Å². The molecule has 1 aliphatic rings. The molecular weight excluding hydrogens is 230 g/mol. The first kappa shape index (κ1) is 12.4. The molecule has 98 valence electrons. The van der Waals surface area contributed by atoms with Gasteiger partial charge in [0.2, 0.25) is 0 Å². The van der Waals surface area contributed by atoms with Gasteiger partial charge in [0.25, 0.3) is 0 Å². The largest absolute Gasteiger partial charge is 0.306 e. The summed E-state index contributed by atoms with van der Waals surface area (Å²) in [7, 11) is 0. The lowest BCUT2D eigenvalue weighted by Gasteiger charge is -2.18. The standard InChI is InChI=1S/C18H21N/c1-2-3-12-18-17-11-7-6-10-16(17)15-9-5-4-8-14(15)13-19-18/h4-11,18-19H,2-3,12-13H2,1H3. The van der Waals surface area contributed by atoms with Crippen molar-refractivity contribution < 1.29 is 0 Å². The lowest BCUT2D eigenvalue weighted by atomic mass is 9.92. The van der Waals surface area contributed by atoms with Gasteiger partial charge >= 0.3 is 0 Å². The van der Waals surface area contributed by atoms with Crippen LogP contribution in [0.1, 0.15) is 43.4 Å². The van der Waals surface area contributed by atoms with Crippen molar-refractivity contribution in [3.63, 3.8) is 0 Å². The molecule has 0 bridgehead atoms. The first-order chi connectivity index (χ1) is 9.40. The molecule has 0 aromatic heterocycles. The summed E-state index contributed by atoms with van der Waals surface area (Å²) in [5.74, 6) is 0. The van der Waals surface area contributed by atoms with E-state index in [1.165, 1.54) is 41.5 Å². The van der Waals surface area contributed by atoms with Gasteiger partial charge in [0.1, 0.15) is 0 Å². The van der Waals surface area contributed by atoms with Gasteiger partial charge in [-0.3, -0.25) is 0 Å². The van der Waals surface area contributed by atoms with E-state index >= 15 is 0 Å². The van der Waals surface area contributed by atoms with Crippen molar-refractivity contribution in [2.75, 3.05) is 0 Å². The number of hydrogen-bond donors (Lipinski definition) is 1. The van der Waals surface area contributed by atoms with Crippen molar-refractivity contribution in [2.45, 2.75) is 38.8 Å². The Morgan fingerprint density at radius 1 is 1.00 bits per heavy atom. The van der Waals surface area contributed by atoms with Crippen LogP contribution < -0.4 is 5.32 Å². The molecule has 1 N–H and O–H groups in total. The Hall–Kier alpha value is -1.60. The van der Waals surface area contributed by atoms with Gasteiger partial charge in [0.15, 0.2) is 0 Å². The molecule has 0 radical (unpaired) electrons. The molecule has 2 aromatic carbocycles. The molecule has 0 fully saturated rings. The number of fused-ring (bicyclic) bond motifs is 3. The third kappa shape index (κ3) is 2.43. The van der Waals surface area contributed by atoms with Gasteiger partial charge in [0.05, 0.1) is 0 Å². The number of rotatable bonds is 3. The summed E-state index contributed by atoms with van der Waals surface area (Å²) in [5.41, 5.74) is 5.67. The molecule has 0 amide bonds. The Bertz CT molecular complexity index is 559. The second-order valence-electron chi connectivity index (χ2n) is 5.32. The second kappa shape index (κ2) is 5.58. The number of nitrogens with one attached hydrogen (secondary N) is 1. The summed E-state index contributed by atoms with van der Waals surface area (Å²) in [4.78, 5) is 0. The highest BCUT2D eigenvalue weighted by atomic mass is 14.9. The van der Waals surface area contributed by atoms with Crippen LogP contribution in [-0.2, 0) is 6.54 Å². The minimum absolute atomic E-state index is 0.489. The molecule has 2 aromatic rings. The first-order valence-electron chi connectivity index (χ1n) is 7.30. The van der Waals surface area contributed by atoms with E-state index in [9.17, 15) is 0 Å². The van der Waals surface area contributed by atoms with Gasteiger partial charge in [-0.15, -0.1) is 0 Å². The van der Waals surface area contributed by atoms with Crippen LogP contribution in [0.25, 0.3) is 11.1 Å². The SMILES string of the molecule is CCCCC1NCc2ccccc2-c2ccccc21. The fourth-order valence-electron chi connectivity index (χ4n) is 2.99. The Labute approximate surface area is 115 Å². The normalized spacial score (nSPS) is 17.4. The van der Waals surface area contributed by atoms with Crippen molar-refractivity contribution in [1.82, 2.24) is 5.32 Å². The van der Waals surface area contributed by atoms with Crippen molar-refractivity contribution in [2.24, 2.45) is 0 Å². The summed E-state index contributed by atoms with van der Waals surface area (Å²) in [6, 6.07) is 18.1. The lowest BCUT2D eigenvalue weighted by Crippen LogP contribution is -2.19. The van der Waals surface area contributed by atoms with Gasteiger partial charge < -0.3 is 5.32 Å². The fourth-order valence-corrected chi connectivity index (χ4v) is 2.99. The minimum atomic E-state index is 0.489. The number of unbranched alkanes of at least 4 members (excludes halogenated alkanes) is 1. The van der Waals surface area contributed by atoms with Crippen LogP contribution in [0.5, 0.6) is 0 Å². The molecule has 1 nitrogen and oxygen atoms in total. The summed E-state index contributed by atoms with van der Waals surface area (Å²) in [6.45, 7) is 3.23. The first-order valence-corrected chi connectivity index (χ1v) is 7.30. The molecule has 0 saturated heterocycles. The van der Waals surface area contributed by atoms with E-state index < -0.39 is 0 Å². The lowest BCUT2D eigenvalue weighted by molar-refractivity contribution is 0.485. The zero-order valence-corrected chi connectivity index (χ0v) is 11.5. The Kier molecular flexibility index (Phi) is 3.65.